The molecule has 2 rings (SSSR count). The third-order valence-corrected chi connectivity index (χ3v) is 4.49. The molecule has 0 aliphatic carbocycles. The maximum atomic E-state index is 12.2. The first-order chi connectivity index (χ1) is 10.6. The van der Waals surface area contributed by atoms with Crippen molar-refractivity contribution >= 4 is 21.7 Å². The number of aryl methyl sites for hydroxylation is 2. The van der Waals surface area contributed by atoms with Crippen molar-refractivity contribution in [3.8, 4) is 0 Å². The van der Waals surface area contributed by atoms with Gasteiger partial charge in [-0.1, -0.05) is 76.6 Å². The largest absolute Gasteiger partial charge is 0.382 e. The minimum absolute atomic E-state index is 0.139. The van der Waals surface area contributed by atoms with Crippen LogP contribution in [0, 0.1) is 0 Å². The van der Waals surface area contributed by atoms with Crippen molar-refractivity contribution in [2.45, 2.75) is 31.3 Å². The minimum Gasteiger partial charge on any atom is -0.382 e. The summed E-state index contributed by atoms with van der Waals surface area (Å²) in [6.45, 7) is 0. The predicted molar refractivity (Wildman–Crippen MR) is 93.3 cm³/mol. The van der Waals surface area contributed by atoms with E-state index in [1.54, 1.807) is 0 Å². The van der Waals surface area contributed by atoms with Crippen LogP contribution in [0.1, 0.15) is 24.0 Å². The van der Waals surface area contributed by atoms with Gasteiger partial charge in [0.05, 0.1) is 5.33 Å². The molecule has 0 aromatic heterocycles. The fourth-order valence-electron chi connectivity index (χ4n) is 2.52. The highest BCUT2D eigenvalue weighted by Crippen LogP contribution is 2.23. The van der Waals surface area contributed by atoms with E-state index in [9.17, 15) is 9.90 Å². The van der Waals surface area contributed by atoms with E-state index in [1.165, 1.54) is 0 Å². The summed E-state index contributed by atoms with van der Waals surface area (Å²) in [6, 6.07) is 19.9. The van der Waals surface area contributed by atoms with Gasteiger partial charge >= 0.3 is 0 Å². The number of carbonyl (C=O) groups is 1. The van der Waals surface area contributed by atoms with Crippen LogP contribution in [0.15, 0.2) is 60.7 Å². The first kappa shape index (κ1) is 16.9. The van der Waals surface area contributed by atoms with E-state index in [-0.39, 0.29) is 11.1 Å². The van der Waals surface area contributed by atoms with Gasteiger partial charge in [-0.2, -0.15) is 0 Å². The van der Waals surface area contributed by atoms with Gasteiger partial charge in [0.25, 0.3) is 0 Å². The second-order valence-corrected chi connectivity index (χ2v) is 6.12. The quantitative estimate of drug-likeness (QED) is 0.723. The number of benzene rings is 2. The fraction of sp³-hybridized carbons (Fsp3) is 0.316. The summed E-state index contributed by atoms with van der Waals surface area (Å²) < 4.78 is 0. The fourth-order valence-corrected chi connectivity index (χ4v) is 3.04. The zero-order valence-electron chi connectivity index (χ0n) is 12.5. The Kier molecular flexibility index (Phi) is 6.34. The van der Waals surface area contributed by atoms with Crippen LogP contribution < -0.4 is 0 Å². The van der Waals surface area contributed by atoms with Gasteiger partial charge in [0.2, 0.25) is 0 Å². The van der Waals surface area contributed by atoms with E-state index in [1.807, 2.05) is 60.7 Å². The highest BCUT2D eigenvalue weighted by atomic mass is 79.9. The van der Waals surface area contributed by atoms with Crippen molar-refractivity contribution in [3.63, 3.8) is 0 Å². The summed E-state index contributed by atoms with van der Waals surface area (Å²) in [6.07, 6.45) is 2.30. The second-order valence-electron chi connectivity index (χ2n) is 5.56. The van der Waals surface area contributed by atoms with E-state index >= 15 is 0 Å². The van der Waals surface area contributed by atoms with Crippen LogP contribution in [0.5, 0.6) is 0 Å². The molecule has 0 amide bonds. The first-order valence-electron chi connectivity index (χ1n) is 7.53. The van der Waals surface area contributed by atoms with Crippen molar-refractivity contribution in [1.29, 1.82) is 0 Å². The number of hydrogen-bond acceptors (Lipinski definition) is 2. The monoisotopic (exact) mass is 360 g/mol. The summed E-state index contributed by atoms with van der Waals surface area (Å²) in [5, 5.41) is 11.0. The van der Waals surface area contributed by atoms with Crippen LogP contribution >= 0.6 is 15.9 Å². The molecule has 2 aromatic rings. The number of aliphatic hydroxyl groups is 1. The molecular weight excluding hydrogens is 340 g/mol. The lowest BCUT2D eigenvalue weighted by atomic mass is 9.86. The third kappa shape index (κ3) is 4.79. The lowest BCUT2D eigenvalue weighted by Crippen LogP contribution is -2.40. The van der Waals surface area contributed by atoms with Crippen LogP contribution in [0.4, 0.5) is 0 Å². The maximum Gasteiger partial charge on any atom is 0.174 e. The van der Waals surface area contributed by atoms with Gasteiger partial charge in [0.1, 0.15) is 5.60 Å². The van der Waals surface area contributed by atoms with Gasteiger partial charge < -0.3 is 5.11 Å². The van der Waals surface area contributed by atoms with Crippen molar-refractivity contribution in [2.24, 2.45) is 0 Å². The predicted octanol–water partition coefficient (Wildman–Crippen LogP) is 3.95. The number of Topliss-reactive ketones (excluding diaryl/α,β-unsaturated/α-hetero) is 1. The van der Waals surface area contributed by atoms with E-state index in [0.717, 1.165) is 11.1 Å². The van der Waals surface area contributed by atoms with Crippen LogP contribution in [0.3, 0.4) is 0 Å². The van der Waals surface area contributed by atoms with E-state index in [0.29, 0.717) is 25.7 Å². The molecule has 0 aliphatic heterocycles. The Bertz CT molecular complexity index is 537. The Morgan fingerprint density at radius 2 is 1.27 bits per heavy atom. The Hall–Kier alpha value is -1.45. The van der Waals surface area contributed by atoms with Gasteiger partial charge in [0.15, 0.2) is 5.78 Å². The topological polar surface area (TPSA) is 37.3 Å². The molecule has 0 atom stereocenters. The zero-order valence-corrected chi connectivity index (χ0v) is 14.1. The summed E-state index contributed by atoms with van der Waals surface area (Å²) in [4.78, 5) is 12.2. The highest BCUT2D eigenvalue weighted by molar-refractivity contribution is 9.09. The van der Waals surface area contributed by atoms with E-state index < -0.39 is 5.60 Å². The van der Waals surface area contributed by atoms with Gasteiger partial charge in [-0.3, -0.25) is 4.79 Å². The molecule has 22 heavy (non-hydrogen) atoms. The molecule has 3 heteroatoms. The number of ketones is 1. The number of carbonyl (C=O) groups excluding carboxylic acids is 1. The van der Waals surface area contributed by atoms with Gasteiger partial charge in [-0.15, -0.1) is 0 Å². The standard InChI is InChI=1S/C19H21BrO2/c20-15-18(21)19(22,13-11-16-7-3-1-4-8-16)14-12-17-9-5-2-6-10-17/h1-10,22H,11-15H2. The SMILES string of the molecule is O=C(CBr)C(O)(CCc1ccccc1)CCc1ccccc1. The highest BCUT2D eigenvalue weighted by Gasteiger charge is 2.33. The smallest absolute Gasteiger partial charge is 0.174 e. The number of alkyl halides is 1. The molecule has 0 unspecified atom stereocenters. The molecule has 0 saturated heterocycles. The molecule has 0 heterocycles. The Labute approximate surface area is 140 Å². The normalized spacial score (nSPS) is 11.4. The maximum absolute atomic E-state index is 12.2. The molecule has 0 fully saturated rings. The van der Waals surface area contributed by atoms with Crippen molar-refractivity contribution < 1.29 is 9.90 Å². The lowest BCUT2D eigenvalue weighted by molar-refractivity contribution is -0.135. The Morgan fingerprint density at radius 1 is 0.864 bits per heavy atom. The summed E-state index contributed by atoms with van der Waals surface area (Å²) in [5.41, 5.74) is 1.01. The van der Waals surface area contributed by atoms with Gasteiger partial charge in [-0.05, 0) is 36.8 Å². The minimum atomic E-state index is -1.27. The van der Waals surface area contributed by atoms with Crippen molar-refractivity contribution in [3.05, 3.63) is 71.8 Å². The lowest BCUT2D eigenvalue weighted by Gasteiger charge is -2.26. The van der Waals surface area contributed by atoms with Crippen molar-refractivity contribution in [1.82, 2.24) is 0 Å². The number of rotatable bonds is 8. The van der Waals surface area contributed by atoms with Crippen LogP contribution in [-0.2, 0) is 17.6 Å². The van der Waals surface area contributed by atoms with Crippen LogP contribution in [0.2, 0.25) is 0 Å². The molecular formula is C19H21BrO2. The summed E-state index contributed by atoms with van der Waals surface area (Å²) in [7, 11) is 0. The van der Waals surface area contributed by atoms with E-state index in [4.69, 9.17) is 0 Å². The molecule has 0 aliphatic rings. The average Bonchev–Trinajstić information content (AvgIpc) is 2.59. The number of hydrogen-bond donors (Lipinski definition) is 1. The molecule has 2 aromatic carbocycles. The van der Waals surface area contributed by atoms with Gasteiger partial charge in [0, 0.05) is 0 Å². The van der Waals surface area contributed by atoms with Crippen molar-refractivity contribution in [2.75, 3.05) is 5.33 Å². The molecule has 116 valence electrons. The molecule has 0 bridgehead atoms. The average molecular weight is 361 g/mol. The zero-order chi connectivity index (χ0) is 15.8. The summed E-state index contributed by atoms with van der Waals surface area (Å²) >= 11 is 3.19. The first-order valence-corrected chi connectivity index (χ1v) is 8.66. The molecule has 0 saturated carbocycles. The second kappa shape index (κ2) is 8.25. The Balaban J connectivity index is 2.02. The molecule has 0 spiro atoms. The third-order valence-electron chi connectivity index (χ3n) is 3.98. The Morgan fingerprint density at radius 3 is 1.64 bits per heavy atom. The molecule has 0 radical (unpaired) electrons. The number of halogens is 1. The van der Waals surface area contributed by atoms with Crippen LogP contribution in [0.25, 0.3) is 0 Å². The van der Waals surface area contributed by atoms with Crippen LogP contribution in [-0.4, -0.2) is 21.8 Å². The van der Waals surface area contributed by atoms with Gasteiger partial charge in [-0.25, -0.2) is 0 Å². The molecule has 1 N–H and O–H groups in total. The van der Waals surface area contributed by atoms with E-state index in [2.05, 4.69) is 15.9 Å². The summed E-state index contributed by atoms with van der Waals surface area (Å²) in [5.74, 6) is -0.139. The molecule has 2 nitrogen and oxygen atoms in total.